The standard InChI is InChI=1S/C42H63F2N3O7/c1-39(2,3)27(23-46-32(50)21-40(4,5)22-33(46)51)20-29(48)18-26-12-9-8-10-16-42(43,44)17-11-13-25(36(52)37(53)45-28-14-15-28)19-31(49)35-34-30(41(34,6)7)24-47(35)38(26)54/h25-28,30,34-35H,8-24H2,1-7H3,(H,45,53)/t25-,26-,27-,30+,34+,35-/m1/s1. The number of amides is 4. The zero-order chi connectivity index (χ0) is 40.0. The lowest BCUT2D eigenvalue weighted by Crippen LogP contribution is -2.50. The second-order valence-electron chi connectivity index (χ2n) is 19.8. The second kappa shape index (κ2) is 15.8. The van der Waals surface area contributed by atoms with E-state index in [9.17, 15) is 42.3 Å². The van der Waals surface area contributed by atoms with Crippen LogP contribution >= 0.6 is 0 Å². The Labute approximate surface area is 319 Å². The largest absolute Gasteiger partial charge is 0.347 e. The summed E-state index contributed by atoms with van der Waals surface area (Å²) in [7, 11) is 0. The van der Waals surface area contributed by atoms with Crippen molar-refractivity contribution >= 4 is 41.0 Å². The molecule has 3 aliphatic heterocycles. The number of ketones is 3. The van der Waals surface area contributed by atoms with E-state index in [0.717, 1.165) is 12.8 Å². The number of hydrogen-bond acceptors (Lipinski definition) is 7. The summed E-state index contributed by atoms with van der Waals surface area (Å²) in [6.07, 6.45) is 2.27. The van der Waals surface area contributed by atoms with Crippen molar-refractivity contribution in [3.63, 3.8) is 0 Å². The molecule has 0 spiro atoms. The predicted octanol–water partition coefficient (Wildman–Crippen LogP) is 6.47. The highest BCUT2D eigenvalue weighted by molar-refractivity contribution is 6.37. The van der Waals surface area contributed by atoms with Crippen LogP contribution < -0.4 is 5.32 Å². The summed E-state index contributed by atoms with van der Waals surface area (Å²) in [5.74, 6) is -8.15. The summed E-state index contributed by atoms with van der Waals surface area (Å²) in [5, 5.41) is 2.68. The summed E-state index contributed by atoms with van der Waals surface area (Å²) < 4.78 is 30.0. The molecule has 5 rings (SSSR count). The Balaban J connectivity index is 1.36. The minimum absolute atomic E-state index is 0.00390. The van der Waals surface area contributed by atoms with Crippen molar-refractivity contribution in [2.24, 2.45) is 45.8 Å². The van der Waals surface area contributed by atoms with Gasteiger partial charge < -0.3 is 10.2 Å². The SMILES string of the molecule is CC1(C)CC(=O)N(C[C@@H](CC(=O)C[C@H]2CCCCCC(F)(F)CCC[C@@H](C(=O)C(=O)NC3CC3)CC(=O)[C@@H]3[C@@H]4[C@H](CN3C2=O)C4(C)C)C(C)(C)C)C(=O)C1. The van der Waals surface area contributed by atoms with E-state index >= 15 is 0 Å². The smallest absolute Gasteiger partial charge is 0.287 e. The number of carbonyl (C=O) groups is 7. The predicted molar refractivity (Wildman–Crippen MR) is 198 cm³/mol. The van der Waals surface area contributed by atoms with Gasteiger partial charge in [0.1, 0.15) is 5.78 Å². The molecule has 302 valence electrons. The van der Waals surface area contributed by atoms with Crippen LogP contribution in [0.25, 0.3) is 0 Å². The van der Waals surface area contributed by atoms with Gasteiger partial charge in [0.25, 0.3) is 5.91 Å². The number of Topliss-reactive ketones (excluding diaryl/α,β-unsaturated/α-hetero) is 3. The van der Waals surface area contributed by atoms with Crippen molar-refractivity contribution in [2.45, 2.75) is 163 Å². The summed E-state index contributed by atoms with van der Waals surface area (Å²) >= 11 is 0. The van der Waals surface area contributed by atoms with E-state index in [-0.39, 0.29) is 123 Å². The maximum atomic E-state index is 15.0. The van der Waals surface area contributed by atoms with Crippen molar-refractivity contribution in [3.05, 3.63) is 0 Å². The lowest BCUT2D eigenvalue weighted by Gasteiger charge is -2.39. The Morgan fingerprint density at radius 1 is 0.870 bits per heavy atom. The molecule has 2 aliphatic carbocycles. The van der Waals surface area contributed by atoms with Gasteiger partial charge in [-0.05, 0) is 72.5 Å². The molecule has 12 heteroatoms. The lowest BCUT2D eigenvalue weighted by atomic mass is 9.75. The first kappa shape index (κ1) is 42.1. The number of likely N-dealkylation sites (tertiary alicyclic amines) is 1. The molecule has 0 radical (unpaired) electrons. The minimum Gasteiger partial charge on any atom is -0.347 e. The van der Waals surface area contributed by atoms with Gasteiger partial charge in [-0.1, -0.05) is 61.3 Å². The first-order valence-corrected chi connectivity index (χ1v) is 20.4. The van der Waals surface area contributed by atoms with Crippen molar-refractivity contribution in [1.82, 2.24) is 15.1 Å². The molecule has 0 unspecified atom stereocenters. The molecule has 2 saturated carbocycles. The summed E-state index contributed by atoms with van der Waals surface area (Å²) in [6, 6.07) is -0.905. The van der Waals surface area contributed by atoms with Crippen molar-refractivity contribution in [3.8, 4) is 0 Å². The molecule has 6 atom stereocenters. The molecule has 0 aromatic carbocycles. The number of fused-ring (bicyclic) bond motifs is 3. The van der Waals surface area contributed by atoms with E-state index < -0.39 is 52.7 Å². The van der Waals surface area contributed by atoms with Crippen molar-refractivity contribution in [2.75, 3.05) is 13.1 Å². The van der Waals surface area contributed by atoms with Gasteiger partial charge in [-0.2, -0.15) is 0 Å². The molecular formula is C42H63F2N3O7. The van der Waals surface area contributed by atoms with Gasteiger partial charge in [0.05, 0.1) is 6.04 Å². The Kier molecular flexibility index (Phi) is 12.3. The maximum Gasteiger partial charge on any atom is 0.287 e. The number of alkyl halides is 2. The van der Waals surface area contributed by atoms with Crippen LogP contribution in [0.15, 0.2) is 0 Å². The summed E-state index contributed by atoms with van der Waals surface area (Å²) in [4.78, 5) is 98.0. The first-order chi connectivity index (χ1) is 25.0. The Morgan fingerprint density at radius 2 is 1.50 bits per heavy atom. The number of carbonyl (C=O) groups excluding carboxylic acids is 7. The molecule has 3 heterocycles. The van der Waals surface area contributed by atoms with E-state index in [1.54, 1.807) is 4.90 Å². The Bertz CT molecular complexity index is 1490. The van der Waals surface area contributed by atoms with Crippen LogP contribution in [0.4, 0.5) is 8.78 Å². The highest BCUT2D eigenvalue weighted by Gasteiger charge is 2.69. The highest BCUT2D eigenvalue weighted by Crippen LogP contribution is 2.65. The van der Waals surface area contributed by atoms with Crippen LogP contribution in [0.3, 0.4) is 0 Å². The van der Waals surface area contributed by atoms with Crippen LogP contribution in [-0.2, 0) is 33.6 Å². The van der Waals surface area contributed by atoms with Gasteiger partial charge in [0, 0.05) is 75.9 Å². The molecule has 5 fully saturated rings. The summed E-state index contributed by atoms with van der Waals surface area (Å²) in [6.45, 7) is 14.2. The lowest BCUT2D eigenvalue weighted by molar-refractivity contribution is -0.154. The minimum atomic E-state index is -2.97. The Hall–Kier alpha value is -3.05. The molecule has 0 aromatic heterocycles. The quantitative estimate of drug-likeness (QED) is 0.210. The number of halogens is 2. The van der Waals surface area contributed by atoms with E-state index in [0.29, 0.717) is 25.8 Å². The van der Waals surface area contributed by atoms with Crippen molar-refractivity contribution < 1.29 is 42.3 Å². The van der Waals surface area contributed by atoms with E-state index in [1.165, 1.54) is 4.90 Å². The fraction of sp³-hybridized carbons (Fsp3) is 0.833. The molecule has 54 heavy (non-hydrogen) atoms. The van der Waals surface area contributed by atoms with E-state index in [2.05, 4.69) is 19.2 Å². The van der Waals surface area contributed by atoms with Crippen LogP contribution in [-0.4, -0.2) is 81.9 Å². The van der Waals surface area contributed by atoms with E-state index in [1.807, 2.05) is 34.6 Å². The van der Waals surface area contributed by atoms with Gasteiger partial charge >= 0.3 is 0 Å². The topological polar surface area (TPSA) is 138 Å². The average molecular weight is 760 g/mol. The van der Waals surface area contributed by atoms with Crippen LogP contribution in [0.5, 0.6) is 0 Å². The molecule has 1 N–H and O–H groups in total. The number of imide groups is 1. The van der Waals surface area contributed by atoms with Gasteiger partial charge in [0.2, 0.25) is 29.4 Å². The average Bonchev–Trinajstić information content (AvgIpc) is 3.89. The number of rotatable bonds is 9. The van der Waals surface area contributed by atoms with Gasteiger partial charge in [-0.25, -0.2) is 8.78 Å². The fourth-order valence-electron chi connectivity index (χ4n) is 9.39. The third kappa shape index (κ3) is 10.0. The second-order valence-corrected chi connectivity index (χ2v) is 19.8. The molecule has 0 bridgehead atoms. The van der Waals surface area contributed by atoms with Crippen LogP contribution in [0, 0.1) is 45.8 Å². The monoisotopic (exact) mass is 759 g/mol. The van der Waals surface area contributed by atoms with Gasteiger partial charge in [-0.15, -0.1) is 0 Å². The third-order valence-electron chi connectivity index (χ3n) is 13.3. The third-order valence-corrected chi connectivity index (χ3v) is 13.3. The molecule has 3 saturated heterocycles. The molecular weight excluding hydrogens is 696 g/mol. The maximum absolute atomic E-state index is 15.0. The van der Waals surface area contributed by atoms with Crippen LogP contribution in [0.1, 0.15) is 145 Å². The molecule has 4 amide bonds. The van der Waals surface area contributed by atoms with E-state index in [4.69, 9.17) is 0 Å². The zero-order valence-electron chi connectivity index (χ0n) is 33.6. The molecule has 0 aromatic rings. The number of hydrogen-bond donors (Lipinski definition) is 1. The fourth-order valence-corrected chi connectivity index (χ4v) is 9.39. The first-order valence-electron chi connectivity index (χ1n) is 20.4. The van der Waals surface area contributed by atoms with Gasteiger partial charge in [-0.3, -0.25) is 38.5 Å². The highest BCUT2D eigenvalue weighted by atomic mass is 19.3. The zero-order valence-corrected chi connectivity index (χ0v) is 33.6. The molecule has 10 nitrogen and oxygen atoms in total. The van der Waals surface area contributed by atoms with Crippen LogP contribution in [0.2, 0.25) is 0 Å². The number of nitrogens with one attached hydrogen (secondary N) is 1. The normalized spacial score (nSPS) is 31.0. The number of nitrogens with zero attached hydrogens (tertiary/aromatic N) is 2. The Morgan fingerprint density at radius 3 is 2.11 bits per heavy atom. The van der Waals surface area contributed by atoms with Gasteiger partial charge in [0.15, 0.2) is 5.78 Å². The number of piperidine rings is 2. The van der Waals surface area contributed by atoms with Crippen molar-refractivity contribution in [1.29, 1.82) is 0 Å². The molecule has 5 aliphatic rings. The summed E-state index contributed by atoms with van der Waals surface area (Å²) in [5.41, 5.74) is -1.09.